The fourth-order valence-electron chi connectivity index (χ4n) is 3.46. The van der Waals surface area contributed by atoms with Crippen molar-refractivity contribution in [1.29, 1.82) is 0 Å². The fraction of sp³-hybridized carbons (Fsp3) is 0.259. The summed E-state index contributed by atoms with van der Waals surface area (Å²) in [5, 5.41) is 19.7. The van der Waals surface area contributed by atoms with Crippen molar-refractivity contribution < 1.29 is 25.1 Å². The lowest BCUT2D eigenvalue weighted by Crippen LogP contribution is -2.89. The maximum atomic E-state index is 9.53. The average molecular weight is 462 g/mol. The van der Waals surface area contributed by atoms with Crippen molar-refractivity contribution in [2.45, 2.75) is 38.1 Å². The molecule has 7 nitrogen and oxygen atoms in total. The minimum absolute atomic E-state index is 0.259. The molecule has 1 atom stereocenters. The SMILES string of the molecule is CC(CCc1ccccc1)[NH2+]CCC(c1ccccn1)c1ccccn1.O=C([O-])/C=C/C(=O)O. The molecule has 3 rings (SSSR count). The molecular weight excluding hydrogens is 430 g/mol. The number of carboxylic acids is 2. The van der Waals surface area contributed by atoms with Crippen LogP contribution in [0.5, 0.6) is 0 Å². The summed E-state index contributed by atoms with van der Waals surface area (Å²) in [6.07, 6.45) is 8.07. The van der Waals surface area contributed by atoms with Gasteiger partial charge in [-0.2, -0.15) is 0 Å². The van der Waals surface area contributed by atoms with Crippen LogP contribution >= 0.6 is 0 Å². The number of hydrogen-bond acceptors (Lipinski definition) is 5. The topological polar surface area (TPSA) is 120 Å². The molecule has 0 saturated heterocycles. The standard InChI is InChI=1S/C23H27N3.C4H4O4/c1-19(13-14-20-9-3-2-4-10-20)24-18-15-21(22-11-5-7-16-25-22)23-12-6-8-17-26-23;5-3(6)1-2-4(7)8/h2-12,16-17,19,21,24H,13-15,18H2,1H3;1-2H,(H,5,6)(H,7,8)/b;2-1+. The Labute approximate surface area is 200 Å². The second kappa shape index (κ2) is 15.1. The number of aromatic nitrogens is 2. The van der Waals surface area contributed by atoms with Gasteiger partial charge in [0.1, 0.15) is 0 Å². The molecule has 1 unspecified atom stereocenters. The van der Waals surface area contributed by atoms with E-state index in [0.717, 1.165) is 30.8 Å². The Hall–Kier alpha value is -3.84. The Morgan fingerprint density at radius 2 is 1.50 bits per heavy atom. The zero-order valence-electron chi connectivity index (χ0n) is 19.3. The third-order valence-corrected chi connectivity index (χ3v) is 5.21. The molecule has 0 saturated carbocycles. The van der Waals surface area contributed by atoms with Crippen molar-refractivity contribution in [2.24, 2.45) is 0 Å². The maximum absolute atomic E-state index is 9.53. The molecule has 0 fully saturated rings. The lowest BCUT2D eigenvalue weighted by atomic mass is 9.96. The van der Waals surface area contributed by atoms with E-state index in [9.17, 15) is 14.7 Å². The lowest BCUT2D eigenvalue weighted by molar-refractivity contribution is -0.687. The van der Waals surface area contributed by atoms with Crippen LogP contribution in [0.1, 0.15) is 42.6 Å². The number of carbonyl (C=O) groups is 2. The van der Waals surface area contributed by atoms with Crippen molar-refractivity contribution in [1.82, 2.24) is 9.97 Å². The van der Waals surface area contributed by atoms with Gasteiger partial charge in [-0.3, -0.25) is 9.97 Å². The summed E-state index contributed by atoms with van der Waals surface area (Å²) >= 11 is 0. The van der Waals surface area contributed by atoms with Gasteiger partial charge in [-0.25, -0.2) is 4.79 Å². The molecule has 0 aliphatic heterocycles. The largest absolute Gasteiger partial charge is 0.545 e. The predicted molar refractivity (Wildman–Crippen MR) is 128 cm³/mol. The average Bonchev–Trinajstić information content (AvgIpc) is 2.86. The number of carbonyl (C=O) groups excluding carboxylic acids is 1. The first-order valence-electron chi connectivity index (χ1n) is 11.3. The van der Waals surface area contributed by atoms with E-state index in [1.807, 2.05) is 24.5 Å². The summed E-state index contributed by atoms with van der Waals surface area (Å²) in [6.45, 7) is 3.40. The number of aliphatic carboxylic acids is 2. The number of quaternary nitrogens is 1. The van der Waals surface area contributed by atoms with Gasteiger partial charge in [-0.1, -0.05) is 42.5 Å². The van der Waals surface area contributed by atoms with E-state index in [1.165, 1.54) is 12.0 Å². The van der Waals surface area contributed by atoms with E-state index in [1.54, 1.807) is 0 Å². The third kappa shape index (κ3) is 10.7. The van der Waals surface area contributed by atoms with Crippen LogP contribution in [0.4, 0.5) is 0 Å². The van der Waals surface area contributed by atoms with Crippen molar-refractivity contribution in [2.75, 3.05) is 6.54 Å². The number of nitrogens with two attached hydrogens (primary N) is 1. The normalized spacial score (nSPS) is 11.6. The summed E-state index contributed by atoms with van der Waals surface area (Å²) in [4.78, 5) is 28.1. The summed E-state index contributed by atoms with van der Waals surface area (Å²) in [7, 11) is 0. The highest BCUT2D eigenvalue weighted by atomic mass is 16.4. The van der Waals surface area contributed by atoms with E-state index in [2.05, 4.69) is 76.8 Å². The number of benzene rings is 1. The minimum atomic E-state index is -1.51. The molecule has 0 aliphatic rings. The van der Waals surface area contributed by atoms with Gasteiger partial charge in [0.2, 0.25) is 0 Å². The monoisotopic (exact) mass is 461 g/mol. The molecule has 3 N–H and O–H groups in total. The first-order valence-corrected chi connectivity index (χ1v) is 11.3. The van der Waals surface area contributed by atoms with Gasteiger partial charge in [-0.15, -0.1) is 0 Å². The fourth-order valence-corrected chi connectivity index (χ4v) is 3.46. The molecule has 7 heteroatoms. The molecule has 2 aromatic heterocycles. The summed E-state index contributed by atoms with van der Waals surface area (Å²) < 4.78 is 0. The van der Waals surface area contributed by atoms with Crippen LogP contribution in [0, 0.1) is 0 Å². The molecule has 0 aliphatic carbocycles. The predicted octanol–water partition coefficient (Wildman–Crippen LogP) is 1.96. The molecule has 178 valence electrons. The second-order valence-corrected chi connectivity index (χ2v) is 7.87. The quantitative estimate of drug-likeness (QED) is 0.421. The zero-order chi connectivity index (χ0) is 24.6. The van der Waals surface area contributed by atoms with E-state index >= 15 is 0 Å². The number of carboxylic acid groups (broad SMARTS) is 2. The number of hydrogen-bond donors (Lipinski definition) is 2. The molecule has 3 aromatic rings. The highest BCUT2D eigenvalue weighted by molar-refractivity contribution is 5.88. The lowest BCUT2D eigenvalue weighted by Gasteiger charge is -2.17. The minimum Gasteiger partial charge on any atom is -0.545 e. The van der Waals surface area contributed by atoms with Crippen molar-refractivity contribution >= 4 is 11.9 Å². The Morgan fingerprint density at radius 1 is 0.912 bits per heavy atom. The Morgan fingerprint density at radius 3 is 1.97 bits per heavy atom. The van der Waals surface area contributed by atoms with E-state index in [4.69, 9.17) is 5.11 Å². The highest BCUT2D eigenvalue weighted by Crippen LogP contribution is 2.23. The smallest absolute Gasteiger partial charge is 0.328 e. The molecule has 1 aromatic carbocycles. The van der Waals surface area contributed by atoms with E-state index in [-0.39, 0.29) is 5.92 Å². The van der Waals surface area contributed by atoms with Gasteiger partial charge in [-0.05, 0) is 49.2 Å². The Bertz CT molecular complexity index is 956. The molecule has 0 bridgehead atoms. The van der Waals surface area contributed by atoms with Gasteiger partial charge in [0, 0.05) is 48.6 Å². The first-order chi connectivity index (χ1) is 16.5. The molecule has 0 radical (unpaired) electrons. The third-order valence-electron chi connectivity index (χ3n) is 5.21. The number of aryl methyl sites for hydroxylation is 1. The van der Waals surface area contributed by atoms with E-state index < -0.39 is 11.9 Å². The molecular formula is C27H31N3O4. The number of pyridine rings is 2. The van der Waals surface area contributed by atoms with Gasteiger partial charge in [0.15, 0.2) is 0 Å². The van der Waals surface area contributed by atoms with Crippen molar-refractivity contribution in [3.05, 3.63) is 108 Å². The van der Waals surface area contributed by atoms with Crippen LogP contribution in [0.3, 0.4) is 0 Å². The van der Waals surface area contributed by atoms with E-state index in [0.29, 0.717) is 18.2 Å². The van der Waals surface area contributed by atoms with Gasteiger partial charge in [0.05, 0.1) is 18.6 Å². The maximum Gasteiger partial charge on any atom is 0.328 e. The molecule has 0 spiro atoms. The van der Waals surface area contributed by atoms with Crippen LogP contribution in [0.25, 0.3) is 0 Å². The van der Waals surface area contributed by atoms with Crippen LogP contribution < -0.4 is 10.4 Å². The molecule has 2 heterocycles. The highest BCUT2D eigenvalue weighted by Gasteiger charge is 2.18. The number of nitrogens with zero attached hydrogens (tertiary/aromatic N) is 2. The first kappa shape index (κ1) is 26.4. The number of rotatable bonds is 11. The molecule has 0 amide bonds. The van der Waals surface area contributed by atoms with Crippen LogP contribution in [0.2, 0.25) is 0 Å². The molecule has 34 heavy (non-hydrogen) atoms. The summed E-state index contributed by atoms with van der Waals surface area (Å²) in [6, 6.07) is 23.6. The van der Waals surface area contributed by atoms with Crippen LogP contribution in [-0.4, -0.2) is 39.6 Å². The Kier molecular flexibility index (Phi) is 11.7. The van der Waals surface area contributed by atoms with Gasteiger partial charge < -0.3 is 20.3 Å². The van der Waals surface area contributed by atoms with Crippen molar-refractivity contribution in [3.63, 3.8) is 0 Å². The zero-order valence-corrected chi connectivity index (χ0v) is 19.3. The summed E-state index contributed by atoms with van der Waals surface area (Å²) in [5.41, 5.74) is 3.64. The van der Waals surface area contributed by atoms with Crippen LogP contribution in [0.15, 0.2) is 91.3 Å². The summed E-state index contributed by atoms with van der Waals surface area (Å²) in [5.74, 6) is -2.54. The van der Waals surface area contributed by atoms with Crippen molar-refractivity contribution in [3.8, 4) is 0 Å². The Balaban J connectivity index is 0.000000440. The van der Waals surface area contributed by atoms with Crippen LogP contribution in [-0.2, 0) is 16.0 Å². The second-order valence-electron chi connectivity index (χ2n) is 7.87. The van der Waals surface area contributed by atoms with Gasteiger partial charge >= 0.3 is 5.97 Å². The van der Waals surface area contributed by atoms with Gasteiger partial charge in [0.25, 0.3) is 0 Å².